The lowest BCUT2D eigenvalue weighted by atomic mass is 10.1. The van der Waals surface area contributed by atoms with Crippen molar-refractivity contribution in [2.75, 3.05) is 31.6 Å². The number of hydrogen-bond donors (Lipinski definition) is 3. The molecule has 174 valence electrons. The highest BCUT2D eigenvalue weighted by atomic mass is 16.5. The number of ether oxygens (including phenoxy) is 1. The third-order valence-electron chi connectivity index (χ3n) is 6.18. The minimum Gasteiger partial charge on any atom is -0.379 e. The molecule has 3 aliphatic rings. The van der Waals surface area contributed by atoms with Gasteiger partial charge in [0.25, 0.3) is 5.91 Å². The number of imide groups is 1. The molecule has 0 bridgehead atoms. The Morgan fingerprint density at radius 1 is 1.18 bits per heavy atom. The van der Waals surface area contributed by atoms with Crippen LogP contribution in [0.15, 0.2) is 42.4 Å². The van der Waals surface area contributed by atoms with E-state index in [1.165, 1.54) is 5.56 Å². The molecule has 3 amide bonds. The number of nitrogens with one attached hydrogen (secondary N) is 3. The van der Waals surface area contributed by atoms with E-state index in [-0.39, 0.29) is 5.70 Å². The molecule has 34 heavy (non-hydrogen) atoms. The number of urea groups is 1. The summed E-state index contributed by atoms with van der Waals surface area (Å²) in [4.78, 5) is 35.4. The van der Waals surface area contributed by atoms with Gasteiger partial charge in [-0.15, -0.1) is 0 Å². The summed E-state index contributed by atoms with van der Waals surface area (Å²) < 4.78 is 7.37. The molecule has 1 aliphatic carbocycles. The number of fused-ring (bicyclic) bond motifs is 1. The van der Waals surface area contributed by atoms with E-state index >= 15 is 0 Å². The van der Waals surface area contributed by atoms with Crippen molar-refractivity contribution in [2.45, 2.75) is 25.4 Å². The molecular weight excluding hydrogens is 434 g/mol. The van der Waals surface area contributed by atoms with Crippen LogP contribution in [-0.4, -0.2) is 63.6 Å². The lowest BCUT2D eigenvalue weighted by Crippen LogP contribution is -2.35. The largest absolute Gasteiger partial charge is 0.379 e. The lowest BCUT2D eigenvalue weighted by molar-refractivity contribution is -0.115. The predicted molar refractivity (Wildman–Crippen MR) is 126 cm³/mol. The Hall–Kier alpha value is -3.76. The normalized spacial score (nSPS) is 20.1. The lowest BCUT2D eigenvalue weighted by Gasteiger charge is -2.26. The molecule has 0 unspecified atom stereocenters. The maximum Gasteiger partial charge on any atom is 0.326 e. The first-order chi connectivity index (χ1) is 16.6. The van der Waals surface area contributed by atoms with Crippen LogP contribution in [0.25, 0.3) is 23.0 Å². The molecule has 2 aliphatic heterocycles. The fourth-order valence-corrected chi connectivity index (χ4v) is 4.25. The smallest absolute Gasteiger partial charge is 0.326 e. The van der Waals surface area contributed by atoms with E-state index in [4.69, 9.17) is 9.72 Å². The zero-order chi connectivity index (χ0) is 23.1. The van der Waals surface area contributed by atoms with E-state index in [0.29, 0.717) is 23.2 Å². The summed E-state index contributed by atoms with van der Waals surface area (Å²) in [6.45, 7) is 4.27. The van der Waals surface area contributed by atoms with Crippen molar-refractivity contribution in [3.05, 3.63) is 53.6 Å². The molecule has 3 aromatic rings. The third kappa shape index (κ3) is 4.25. The quantitative estimate of drug-likeness (QED) is 0.382. The second-order valence-corrected chi connectivity index (χ2v) is 8.83. The van der Waals surface area contributed by atoms with Gasteiger partial charge in [0.2, 0.25) is 0 Å². The Morgan fingerprint density at radius 3 is 2.79 bits per heavy atom. The van der Waals surface area contributed by atoms with Gasteiger partial charge < -0.3 is 15.4 Å². The predicted octanol–water partition coefficient (Wildman–Crippen LogP) is 1.98. The molecule has 1 saturated carbocycles. The van der Waals surface area contributed by atoms with Crippen molar-refractivity contribution in [2.24, 2.45) is 0 Å². The van der Waals surface area contributed by atoms with E-state index in [0.717, 1.165) is 56.9 Å². The zero-order valence-electron chi connectivity index (χ0n) is 18.6. The van der Waals surface area contributed by atoms with Gasteiger partial charge in [0.1, 0.15) is 5.70 Å². The number of imidazole rings is 1. The molecule has 0 atom stereocenters. The van der Waals surface area contributed by atoms with Crippen LogP contribution in [0.4, 0.5) is 10.6 Å². The summed E-state index contributed by atoms with van der Waals surface area (Å²) in [5.74, 6) is 0.254. The van der Waals surface area contributed by atoms with Gasteiger partial charge in [0, 0.05) is 37.4 Å². The molecule has 3 fully saturated rings. The molecule has 4 heterocycles. The molecule has 6 rings (SSSR count). The van der Waals surface area contributed by atoms with E-state index in [2.05, 4.69) is 50.1 Å². The fraction of sp³-hybridized carbons (Fsp3) is 0.333. The number of anilines is 1. The number of nitrogens with zero attached hydrogens (tertiary/aromatic N) is 4. The number of amides is 3. The number of aromatic nitrogens is 3. The molecule has 0 radical (unpaired) electrons. The molecule has 2 aromatic heterocycles. The van der Waals surface area contributed by atoms with Gasteiger partial charge >= 0.3 is 6.03 Å². The maximum absolute atomic E-state index is 12.0. The van der Waals surface area contributed by atoms with Gasteiger partial charge in [-0.3, -0.25) is 19.4 Å². The Kier molecular flexibility index (Phi) is 5.23. The first-order valence-electron chi connectivity index (χ1n) is 11.5. The van der Waals surface area contributed by atoms with Crippen LogP contribution >= 0.6 is 0 Å². The van der Waals surface area contributed by atoms with Crippen molar-refractivity contribution >= 4 is 29.5 Å². The van der Waals surface area contributed by atoms with Crippen molar-refractivity contribution in [3.63, 3.8) is 0 Å². The Morgan fingerprint density at radius 2 is 2.03 bits per heavy atom. The molecule has 3 N–H and O–H groups in total. The van der Waals surface area contributed by atoms with Gasteiger partial charge in [-0.2, -0.15) is 0 Å². The van der Waals surface area contributed by atoms with Crippen molar-refractivity contribution in [1.82, 2.24) is 29.9 Å². The van der Waals surface area contributed by atoms with Gasteiger partial charge in [-0.25, -0.2) is 14.8 Å². The molecule has 2 saturated heterocycles. The molecular formula is C24H25N7O3. The van der Waals surface area contributed by atoms with E-state index < -0.39 is 11.9 Å². The minimum absolute atomic E-state index is 0.189. The van der Waals surface area contributed by atoms with Crippen LogP contribution in [0.5, 0.6) is 0 Å². The van der Waals surface area contributed by atoms with Gasteiger partial charge in [-0.05, 0) is 30.5 Å². The Balaban J connectivity index is 1.38. The second-order valence-electron chi connectivity index (χ2n) is 8.83. The van der Waals surface area contributed by atoms with Crippen LogP contribution in [0.3, 0.4) is 0 Å². The number of hydrogen-bond acceptors (Lipinski definition) is 7. The van der Waals surface area contributed by atoms with Crippen LogP contribution < -0.4 is 16.0 Å². The molecule has 10 heteroatoms. The molecule has 1 aromatic carbocycles. The summed E-state index contributed by atoms with van der Waals surface area (Å²) in [7, 11) is 0. The van der Waals surface area contributed by atoms with Crippen LogP contribution in [0.2, 0.25) is 0 Å². The average molecular weight is 460 g/mol. The summed E-state index contributed by atoms with van der Waals surface area (Å²) in [5, 5.41) is 8.24. The highest BCUT2D eigenvalue weighted by molar-refractivity contribution is 6.13. The summed E-state index contributed by atoms with van der Waals surface area (Å²) in [6.07, 6.45) is 7.45. The number of rotatable bonds is 6. The Labute approximate surface area is 196 Å². The first-order valence-corrected chi connectivity index (χ1v) is 11.5. The van der Waals surface area contributed by atoms with Crippen molar-refractivity contribution in [3.8, 4) is 11.3 Å². The third-order valence-corrected chi connectivity index (χ3v) is 6.18. The highest BCUT2D eigenvalue weighted by Gasteiger charge is 2.25. The van der Waals surface area contributed by atoms with Gasteiger partial charge in [0.15, 0.2) is 11.5 Å². The van der Waals surface area contributed by atoms with E-state index in [1.807, 2.05) is 10.6 Å². The number of carbonyl (C=O) groups is 2. The van der Waals surface area contributed by atoms with Gasteiger partial charge in [0.05, 0.1) is 30.8 Å². The molecule has 10 nitrogen and oxygen atoms in total. The second kappa shape index (κ2) is 8.54. The van der Waals surface area contributed by atoms with Gasteiger partial charge in [-0.1, -0.05) is 18.2 Å². The number of benzene rings is 1. The fourth-order valence-electron chi connectivity index (χ4n) is 4.25. The zero-order valence-corrected chi connectivity index (χ0v) is 18.6. The van der Waals surface area contributed by atoms with E-state index in [9.17, 15) is 9.59 Å². The van der Waals surface area contributed by atoms with E-state index in [1.54, 1.807) is 12.3 Å². The van der Waals surface area contributed by atoms with Crippen molar-refractivity contribution < 1.29 is 14.3 Å². The average Bonchev–Trinajstić information content (AvgIpc) is 3.48. The van der Waals surface area contributed by atoms with Crippen LogP contribution in [-0.2, 0) is 16.1 Å². The monoisotopic (exact) mass is 459 g/mol. The van der Waals surface area contributed by atoms with Crippen LogP contribution in [0, 0.1) is 0 Å². The Bertz CT molecular complexity index is 1310. The first kappa shape index (κ1) is 20.8. The minimum atomic E-state index is -0.527. The SMILES string of the molecule is O=C1NC(=O)/C(=C\c2cnc3c(NC4CC4)nc(-c4cccc(CN5CCOCC5)c4)cn23)N1. The van der Waals surface area contributed by atoms with Crippen molar-refractivity contribution in [1.29, 1.82) is 0 Å². The maximum atomic E-state index is 12.0. The summed E-state index contributed by atoms with van der Waals surface area (Å²) in [5.41, 5.74) is 4.57. The number of carbonyl (C=O) groups excluding carboxylic acids is 2. The number of morpholine rings is 1. The summed E-state index contributed by atoms with van der Waals surface area (Å²) >= 11 is 0. The standard InChI is InChI=1S/C24H25N7O3/c32-23-19(28-24(33)29-23)11-18-12-25-22-21(26-17-4-5-17)27-20(14-31(18)22)16-3-1-2-15(10-16)13-30-6-8-34-9-7-30/h1-3,10-12,14,17H,4-9,13H2,(H,26,27)(H2,28,29,32,33)/b19-11+. The molecule has 0 spiro atoms. The summed E-state index contributed by atoms with van der Waals surface area (Å²) in [6, 6.07) is 8.29. The topological polar surface area (TPSA) is 113 Å². The van der Waals surface area contributed by atoms with Crippen LogP contribution in [0.1, 0.15) is 24.1 Å². The highest BCUT2D eigenvalue weighted by Crippen LogP contribution is 2.29.